The van der Waals surface area contributed by atoms with Crippen LogP contribution in [0.2, 0.25) is 0 Å². The highest BCUT2D eigenvalue weighted by Gasteiger charge is 2.16. The zero-order chi connectivity index (χ0) is 64.7. The van der Waals surface area contributed by atoms with E-state index in [4.69, 9.17) is 9.47 Å². The van der Waals surface area contributed by atoms with Crippen molar-refractivity contribution in [2.75, 3.05) is 13.2 Å². The molecule has 0 aliphatic carbocycles. The number of carbonyl (C=O) groups is 2. The molecule has 0 amide bonds. The Morgan fingerprint density at radius 2 is 0.444 bits per heavy atom. The molecular formula is C85H134O5. The molecule has 0 aromatic rings. The molecule has 0 spiro atoms. The third-order valence-corrected chi connectivity index (χ3v) is 15.1. The van der Waals surface area contributed by atoms with E-state index in [0.717, 1.165) is 161 Å². The lowest BCUT2D eigenvalue weighted by Crippen LogP contribution is -2.28. The topological polar surface area (TPSA) is 72.8 Å². The SMILES string of the molecule is CC/C=C\C/C=C\C/C=C\C/C=C\C/C=C\C/C=C\C/C=C\C/C=C\C/C=C\C/C=C\C/C=C\C/C=C\CCCCCCC(=O)OC(CO)COC(=O)CCCCCCCCCCCCCCCCCCCCC/C=C\C/C=C\C/C=C\C/C=C\C/C=C\CC. The van der Waals surface area contributed by atoms with E-state index in [1.807, 2.05) is 0 Å². The van der Waals surface area contributed by atoms with Gasteiger partial charge in [0, 0.05) is 12.8 Å². The van der Waals surface area contributed by atoms with E-state index >= 15 is 0 Å². The van der Waals surface area contributed by atoms with Gasteiger partial charge >= 0.3 is 11.9 Å². The second-order valence-electron chi connectivity index (χ2n) is 23.6. The molecule has 5 nitrogen and oxygen atoms in total. The third-order valence-electron chi connectivity index (χ3n) is 15.1. The second-order valence-corrected chi connectivity index (χ2v) is 23.6. The van der Waals surface area contributed by atoms with E-state index in [9.17, 15) is 14.7 Å². The van der Waals surface area contributed by atoms with Crippen LogP contribution in [0.15, 0.2) is 207 Å². The molecule has 0 rings (SSSR count). The summed E-state index contributed by atoms with van der Waals surface area (Å²) in [6.45, 7) is 3.90. The predicted octanol–water partition coefficient (Wildman–Crippen LogP) is 26.1. The lowest BCUT2D eigenvalue weighted by molar-refractivity contribution is -0.161. The van der Waals surface area contributed by atoms with Gasteiger partial charge in [0.1, 0.15) is 6.61 Å². The molecule has 0 saturated carbocycles. The van der Waals surface area contributed by atoms with Crippen molar-refractivity contribution in [2.45, 2.75) is 302 Å². The van der Waals surface area contributed by atoms with Gasteiger partial charge in [-0.25, -0.2) is 0 Å². The van der Waals surface area contributed by atoms with Crippen molar-refractivity contribution in [1.29, 1.82) is 0 Å². The molecule has 1 N–H and O–H groups in total. The number of unbranched alkanes of at least 4 members (excludes halogenated alkanes) is 23. The number of aliphatic hydroxyl groups excluding tert-OH is 1. The first kappa shape index (κ1) is 84.5. The number of allylic oxidation sites excluding steroid dienone is 34. The Kier molecular flexibility index (Phi) is 73.0. The van der Waals surface area contributed by atoms with Gasteiger partial charge in [-0.1, -0.05) is 342 Å². The minimum atomic E-state index is -0.801. The predicted molar refractivity (Wildman–Crippen MR) is 398 cm³/mol. The maximum Gasteiger partial charge on any atom is 0.306 e. The Morgan fingerprint density at radius 3 is 0.667 bits per heavy atom. The Bertz CT molecular complexity index is 2090. The molecule has 0 fully saturated rings. The quantitative estimate of drug-likeness (QED) is 0.0373. The average molecular weight is 1240 g/mol. The van der Waals surface area contributed by atoms with Gasteiger partial charge in [0.2, 0.25) is 0 Å². The molecule has 0 heterocycles. The van der Waals surface area contributed by atoms with Crippen molar-refractivity contribution in [1.82, 2.24) is 0 Å². The van der Waals surface area contributed by atoms with Crippen LogP contribution in [0.25, 0.3) is 0 Å². The van der Waals surface area contributed by atoms with E-state index in [1.54, 1.807) is 0 Å². The van der Waals surface area contributed by atoms with Gasteiger partial charge in [0.05, 0.1) is 6.61 Å². The van der Waals surface area contributed by atoms with Crippen LogP contribution in [0, 0.1) is 0 Å². The first-order valence-corrected chi connectivity index (χ1v) is 36.6. The molecule has 0 aromatic heterocycles. The largest absolute Gasteiger partial charge is 0.462 e. The Labute approximate surface area is 555 Å². The van der Waals surface area contributed by atoms with Crippen molar-refractivity contribution in [3.05, 3.63) is 207 Å². The summed E-state index contributed by atoms with van der Waals surface area (Å²) in [5.74, 6) is -0.625. The summed E-state index contributed by atoms with van der Waals surface area (Å²) in [4.78, 5) is 24.7. The number of hydrogen-bond acceptors (Lipinski definition) is 5. The fraction of sp³-hybridized carbons (Fsp3) is 0.576. The van der Waals surface area contributed by atoms with E-state index in [1.165, 1.54) is 109 Å². The fourth-order valence-corrected chi connectivity index (χ4v) is 9.68. The summed E-state index contributed by atoms with van der Waals surface area (Å²) in [7, 11) is 0. The number of aliphatic hydroxyl groups is 1. The van der Waals surface area contributed by atoms with Crippen molar-refractivity contribution in [3.63, 3.8) is 0 Å². The lowest BCUT2D eigenvalue weighted by Gasteiger charge is -2.15. The highest BCUT2D eigenvalue weighted by atomic mass is 16.6. The van der Waals surface area contributed by atoms with Gasteiger partial charge in [-0.05, 0) is 148 Å². The van der Waals surface area contributed by atoms with Crippen LogP contribution in [0.4, 0.5) is 0 Å². The summed E-state index contributed by atoms with van der Waals surface area (Å²) in [5, 5.41) is 9.71. The number of carbonyl (C=O) groups excluding carboxylic acids is 2. The molecule has 0 bridgehead atoms. The van der Waals surface area contributed by atoms with E-state index in [0.29, 0.717) is 12.8 Å². The Morgan fingerprint density at radius 1 is 0.256 bits per heavy atom. The van der Waals surface area contributed by atoms with Gasteiger partial charge in [-0.15, -0.1) is 0 Å². The van der Waals surface area contributed by atoms with Gasteiger partial charge in [-0.3, -0.25) is 9.59 Å². The zero-order valence-electron chi connectivity index (χ0n) is 57.8. The summed E-state index contributed by atoms with van der Waals surface area (Å²) >= 11 is 0. The summed E-state index contributed by atoms with van der Waals surface area (Å²) in [5.41, 5.74) is 0. The lowest BCUT2D eigenvalue weighted by atomic mass is 10.0. The Balaban J connectivity index is 3.60. The molecule has 1 atom stereocenters. The van der Waals surface area contributed by atoms with Crippen molar-refractivity contribution in [2.24, 2.45) is 0 Å². The fourth-order valence-electron chi connectivity index (χ4n) is 9.68. The zero-order valence-corrected chi connectivity index (χ0v) is 57.8. The molecular weight excluding hydrogens is 1100 g/mol. The van der Waals surface area contributed by atoms with E-state index in [-0.39, 0.29) is 25.2 Å². The third kappa shape index (κ3) is 74.9. The highest BCUT2D eigenvalue weighted by molar-refractivity contribution is 5.70. The van der Waals surface area contributed by atoms with Crippen LogP contribution < -0.4 is 0 Å². The van der Waals surface area contributed by atoms with Crippen molar-refractivity contribution < 1.29 is 24.2 Å². The molecule has 90 heavy (non-hydrogen) atoms. The van der Waals surface area contributed by atoms with Gasteiger partial charge in [-0.2, -0.15) is 0 Å². The first-order valence-electron chi connectivity index (χ1n) is 36.6. The summed E-state index contributed by atoms with van der Waals surface area (Å²) in [6, 6.07) is 0. The standard InChI is InChI=1S/C85H134O5/c1-3-5-7-9-11-13-15-17-19-21-23-25-27-29-31-33-35-37-39-40-41-42-43-44-46-48-50-52-54-56-58-60-62-64-66-68-70-72-74-76-78-80-85(88)90-83(81-86)82-89-84(87)79-77-75-73-71-69-67-65-63-61-59-57-55-53-51-49-47-45-38-36-34-32-30-28-26-24-22-20-18-16-14-12-10-8-6-4-2/h5-8,11-14,17-20,23-26,29-32,35,37,40-41,43-44,48,50,54,56,60,62,66,68,83,86H,3-4,9-10,15-16,21-22,27-28,33-34,36,38-39,42,45-47,49,51-53,55,57-59,61,63-65,67,69-82H2,1-2H3/b7-5-,8-6-,13-11-,14-12-,19-17-,20-18-,25-23-,26-24-,31-29-,32-30-,37-35-,41-40-,44-43-,50-48-,56-54-,62-60-,68-66-. The van der Waals surface area contributed by atoms with Crippen LogP contribution in [0.1, 0.15) is 296 Å². The van der Waals surface area contributed by atoms with Crippen LogP contribution in [-0.2, 0) is 19.1 Å². The highest BCUT2D eigenvalue weighted by Crippen LogP contribution is 2.16. The van der Waals surface area contributed by atoms with Gasteiger partial charge in [0.25, 0.3) is 0 Å². The molecule has 1 unspecified atom stereocenters. The van der Waals surface area contributed by atoms with Gasteiger partial charge in [0.15, 0.2) is 6.10 Å². The maximum atomic E-state index is 12.4. The van der Waals surface area contributed by atoms with Crippen LogP contribution in [0.3, 0.4) is 0 Å². The minimum Gasteiger partial charge on any atom is -0.462 e. The van der Waals surface area contributed by atoms with Crippen LogP contribution in [-0.4, -0.2) is 36.4 Å². The van der Waals surface area contributed by atoms with Crippen molar-refractivity contribution >= 4 is 11.9 Å². The maximum absolute atomic E-state index is 12.4. The number of rotatable bonds is 65. The minimum absolute atomic E-state index is 0.0863. The molecule has 0 aliphatic heterocycles. The molecule has 0 aliphatic rings. The van der Waals surface area contributed by atoms with E-state index < -0.39 is 6.10 Å². The van der Waals surface area contributed by atoms with Crippen LogP contribution >= 0.6 is 0 Å². The van der Waals surface area contributed by atoms with Gasteiger partial charge < -0.3 is 14.6 Å². The number of esters is 2. The Hall–Kier alpha value is -5.52. The summed E-state index contributed by atoms with van der Waals surface area (Å²) < 4.78 is 10.7. The van der Waals surface area contributed by atoms with Crippen molar-refractivity contribution in [3.8, 4) is 0 Å². The molecule has 0 aromatic carbocycles. The molecule has 504 valence electrons. The van der Waals surface area contributed by atoms with E-state index in [2.05, 4.69) is 220 Å². The molecule has 0 radical (unpaired) electrons. The first-order chi connectivity index (χ1) is 44.6. The molecule has 5 heteroatoms. The second kappa shape index (κ2) is 77.7. The average Bonchev–Trinajstić information content (AvgIpc) is 3.60. The normalized spacial score (nSPS) is 13.5. The summed E-state index contributed by atoms with van der Waals surface area (Å²) in [6.07, 6.45) is 124. The number of ether oxygens (including phenoxy) is 2. The smallest absolute Gasteiger partial charge is 0.306 e. The van der Waals surface area contributed by atoms with Crippen LogP contribution in [0.5, 0.6) is 0 Å². The monoisotopic (exact) mass is 1240 g/mol. The molecule has 0 saturated heterocycles. The number of hydrogen-bond donors (Lipinski definition) is 1.